The number of benzene rings is 2. The molecule has 2 aromatic heterocycles. The molecule has 0 atom stereocenters. The van der Waals surface area contributed by atoms with Crippen LogP contribution in [0.2, 0.25) is 0 Å². The second-order valence-electron chi connectivity index (χ2n) is 5.93. The summed E-state index contributed by atoms with van der Waals surface area (Å²) in [4.78, 5) is 32.6. The Morgan fingerprint density at radius 1 is 0.931 bits per heavy atom. The van der Waals surface area contributed by atoms with Crippen LogP contribution in [-0.2, 0) is 0 Å². The lowest BCUT2D eigenvalue weighted by atomic mass is 10.3. The molecule has 1 N–H and O–H groups in total. The number of ether oxygens (including phenoxy) is 1. The van der Waals surface area contributed by atoms with E-state index in [4.69, 9.17) is 4.74 Å². The van der Waals surface area contributed by atoms with E-state index in [-0.39, 0.29) is 11.3 Å². The van der Waals surface area contributed by atoms with Gasteiger partial charge < -0.3 is 10.1 Å². The fourth-order valence-corrected chi connectivity index (χ4v) is 2.55. The van der Waals surface area contributed by atoms with Crippen LogP contribution < -0.4 is 15.6 Å². The Labute approximate surface area is 165 Å². The van der Waals surface area contributed by atoms with Crippen molar-refractivity contribution < 1.29 is 9.53 Å². The number of carbonyl (C=O) groups is 1. The smallest absolute Gasteiger partial charge is 0.276 e. The predicted octanol–water partition coefficient (Wildman–Crippen LogP) is 3.07. The van der Waals surface area contributed by atoms with Gasteiger partial charge in [0.25, 0.3) is 11.5 Å². The Balaban J connectivity index is 1.49. The number of aromatic nitrogens is 4. The second-order valence-corrected chi connectivity index (χ2v) is 5.93. The van der Waals surface area contributed by atoms with E-state index in [0.717, 1.165) is 0 Å². The maximum Gasteiger partial charge on any atom is 0.276 e. The van der Waals surface area contributed by atoms with Crippen molar-refractivity contribution in [3.8, 4) is 17.3 Å². The first kappa shape index (κ1) is 18.1. The highest BCUT2D eigenvalue weighted by molar-refractivity contribution is 6.02. The zero-order valence-corrected chi connectivity index (χ0v) is 15.1. The van der Waals surface area contributed by atoms with E-state index < -0.39 is 5.91 Å². The minimum atomic E-state index is -0.433. The molecule has 2 heterocycles. The third kappa shape index (κ3) is 4.33. The molecule has 0 aliphatic rings. The Hall–Kier alpha value is -4.33. The number of rotatable bonds is 5. The number of carbonyl (C=O) groups excluding carboxylic acids is 1. The lowest BCUT2D eigenvalue weighted by molar-refractivity contribution is 0.102. The average molecular weight is 385 g/mol. The van der Waals surface area contributed by atoms with Crippen molar-refractivity contribution in [1.82, 2.24) is 19.7 Å². The summed E-state index contributed by atoms with van der Waals surface area (Å²) in [6.45, 7) is 0. The number of para-hydroxylation sites is 1. The molecule has 0 saturated heterocycles. The summed E-state index contributed by atoms with van der Waals surface area (Å²) in [5.41, 5.74) is 0.935. The van der Waals surface area contributed by atoms with Crippen LogP contribution in [0.5, 0.6) is 11.6 Å². The third-order valence-electron chi connectivity index (χ3n) is 3.91. The van der Waals surface area contributed by atoms with Gasteiger partial charge in [-0.3, -0.25) is 14.6 Å². The minimum absolute atomic E-state index is 0.119. The van der Waals surface area contributed by atoms with E-state index >= 15 is 0 Å². The lowest BCUT2D eigenvalue weighted by Gasteiger charge is -2.09. The van der Waals surface area contributed by atoms with Gasteiger partial charge in [0.2, 0.25) is 5.88 Å². The van der Waals surface area contributed by atoms with Crippen LogP contribution in [0.15, 0.2) is 90.1 Å². The highest BCUT2D eigenvalue weighted by atomic mass is 16.5. The molecule has 0 unspecified atom stereocenters. The number of nitrogens with zero attached hydrogens (tertiary/aromatic N) is 4. The molecule has 0 aliphatic heterocycles. The molecular weight excluding hydrogens is 370 g/mol. The number of anilines is 1. The third-order valence-corrected chi connectivity index (χ3v) is 3.91. The Bertz CT molecular complexity index is 1180. The van der Waals surface area contributed by atoms with E-state index in [1.807, 2.05) is 6.07 Å². The summed E-state index contributed by atoms with van der Waals surface area (Å²) in [6, 6.07) is 18.4. The molecule has 0 aliphatic carbocycles. The summed E-state index contributed by atoms with van der Waals surface area (Å²) >= 11 is 0. The van der Waals surface area contributed by atoms with Crippen LogP contribution >= 0.6 is 0 Å². The first-order chi connectivity index (χ1) is 14.2. The highest BCUT2D eigenvalue weighted by Gasteiger charge is 2.11. The van der Waals surface area contributed by atoms with Gasteiger partial charge in [0.15, 0.2) is 0 Å². The van der Waals surface area contributed by atoms with Crippen LogP contribution in [-0.4, -0.2) is 25.7 Å². The molecule has 142 valence electrons. The van der Waals surface area contributed by atoms with E-state index in [9.17, 15) is 9.59 Å². The summed E-state index contributed by atoms with van der Waals surface area (Å²) in [5, 5.41) is 6.91. The maximum atomic E-state index is 12.5. The van der Waals surface area contributed by atoms with E-state index in [2.05, 4.69) is 20.4 Å². The number of nitrogens with one attached hydrogen (secondary N) is 1. The van der Waals surface area contributed by atoms with E-state index in [0.29, 0.717) is 23.0 Å². The average Bonchev–Trinajstić information content (AvgIpc) is 2.77. The molecular formula is C21H15N5O3. The highest BCUT2D eigenvalue weighted by Crippen LogP contribution is 2.20. The minimum Gasteiger partial charge on any atom is -0.438 e. The fraction of sp³-hybridized carbons (Fsp3) is 0. The van der Waals surface area contributed by atoms with Gasteiger partial charge in [0.1, 0.15) is 11.4 Å². The molecule has 0 radical (unpaired) electrons. The lowest BCUT2D eigenvalue weighted by Crippen LogP contribution is -2.24. The van der Waals surface area contributed by atoms with Crippen molar-refractivity contribution in [2.45, 2.75) is 0 Å². The van der Waals surface area contributed by atoms with Gasteiger partial charge in [-0.15, -0.1) is 0 Å². The monoisotopic (exact) mass is 385 g/mol. The van der Waals surface area contributed by atoms with E-state index in [1.165, 1.54) is 29.2 Å². The van der Waals surface area contributed by atoms with Crippen molar-refractivity contribution in [3.63, 3.8) is 0 Å². The molecule has 0 bridgehead atoms. The zero-order valence-electron chi connectivity index (χ0n) is 15.1. The molecule has 4 rings (SSSR count). The fourth-order valence-electron chi connectivity index (χ4n) is 2.55. The van der Waals surface area contributed by atoms with Crippen molar-refractivity contribution >= 4 is 11.6 Å². The SMILES string of the molecule is O=C(Nc1ccc(Oc2cnccn2)cc1)c1ccc(=O)n(-c2ccccc2)n1. The summed E-state index contributed by atoms with van der Waals surface area (Å²) in [6.07, 6.45) is 4.59. The van der Waals surface area contributed by atoms with Gasteiger partial charge in [-0.2, -0.15) is 9.78 Å². The van der Waals surface area contributed by atoms with Crippen LogP contribution in [0.25, 0.3) is 5.69 Å². The van der Waals surface area contributed by atoms with Crippen molar-refractivity contribution in [2.24, 2.45) is 0 Å². The predicted molar refractivity (Wildman–Crippen MR) is 106 cm³/mol. The van der Waals surface area contributed by atoms with Gasteiger partial charge in [0, 0.05) is 24.1 Å². The largest absolute Gasteiger partial charge is 0.438 e. The summed E-state index contributed by atoms with van der Waals surface area (Å²) < 4.78 is 6.75. The molecule has 29 heavy (non-hydrogen) atoms. The van der Waals surface area contributed by atoms with Crippen molar-refractivity contribution in [1.29, 1.82) is 0 Å². The Kier molecular flexibility index (Phi) is 5.06. The first-order valence-corrected chi connectivity index (χ1v) is 8.70. The Morgan fingerprint density at radius 3 is 2.45 bits per heavy atom. The first-order valence-electron chi connectivity index (χ1n) is 8.70. The molecule has 4 aromatic rings. The molecule has 0 saturated carbocycles. The zero-order chi connectivity index (χ0) is 20.1. The number of hydrogen-bond acceptors (Lipinski definition) is 6. The summed E-state index contributed by atoms with van der Waals surface area (Å²) in [5.74, 6) is 0.494. The van der Waals surface area contributed by atoms with Crippen LogP contribution in [0.1, 0.15) is 10.5 Å². The normalized spacial score (nSPS) is 10.3. The van der Waals surface area contributed by atoms with Gasteiger partial charge in [-0.05, 0) is 42.5 Å². The summed E-state index contributed by atoms with van der Waals surface area (Å²) in [7, 11) is 0. The molecule has 8 heteroatoms. The van der Waals surface area contributed by atoms with Crippen LogP contribution in [0.4, 0.5) is 5.69 Å². The standard InChI is InChI=1S/C21H15N5O3/c27-20-11-10-18(25-26(20)16-4-2-1-3-5-16)21(28)24-15-6-8-17(9-7-15)29-19-14-22-12-13-23-19/h1-14H,(H,24,28). The van der Waals surface area contributed by atoms with Crippen LogP contribution in [0, 0.1) is 0 Å². The second kappa shape index (κ2) is 8.13. The van der Waals surface area contributed by atoms with Gasteiger partial charge in [-0.1, -0.05) is 18.2 Å². The van der Waals surface area contributed by atoms with Crippen molar-refractivity contribution in [3.05, 3.63) is 101 Å². The van der Waals surface area contributed by atoms with E-state index in [1.54, 1.807) is 54.7 Å². The van der Waals surface area contributed by atoms with Gasteiger partial charge >= 0.3 is 0 Å². The van der Waals surface area contributed by atoms with Gasteiger partial charge in [-0.25, -0.2) is 4.98 Å². The van der Waals surface area contributed by atoms with Gasteiger partial charge in [0.05, 0.1) is 11.9 Å². The number of hydrogen-bond donors (Lipinski definition) is 1. The Morgan fingerprint density at radius 2 is 1.72 bits per heavy atom. The topological polar surface area (TPSA) is 99.0 Å². The molecule has 1 amide bonds. The van der Waals surface area contributed by atoms with Crippen LogP contribution in [0.3, 0.4) is 0 Å². The maximum absolute atomic E-state index is 12.5. The molecule has 8 nitrogen and oxygen atoms in total. The van der Waals surface area contributed by atoms with Crippen molar-refractivity contribution in [2.75, 3.05) is 5.32 Å². The quantitative estimate of drug-likeness (QED) is 0.567. The molecule has 2 aromatic carbocycles. The number of amides is 1. The molecule has 0 spiro atoms. The molecule has 0 fully saturated rings.